The molecule has 1 aliphatic carbocycles. The topological polar surface area (TPSA) is 85.6 Å². The van der Waals surface area contributed by atoms with Crippen molar-refractivity contribution in [2.75, 3.05) is 0 Å². The molecule has 9 heteroatoms. The third kappa shape index (κ3) is 3.73. The summed E-state index contributed by atoms with van der Waals surface area (Å²) in [6.45, 7) is 2.64. The number of hydrogen-bond donors (Lipinski definition) is 1. The number of nitrogens with zero attached hydrogens (tertiary/aromatic N) is 5. The van der Waals surface area contributed by atoms with Crippen LogP contribution in [-0.4, -0.2) is 37.1 Å². The van der Waals surface area contributed by atoms with E-state index in [-0.39, 0.29) is 17.6 Å². The van der Waals surface area contributed by atoms with E-state index in [9.17, 15) is 13.6 Å². The third-order valence-corrected chi connectivity index (χ3v) is 4.41. The van der Waals surface area contributed by atoms with E-state index >= 15 is 0 Å². The molecule has 0 atom stereocenters. The lowest BCUT2D eigenvalue weighted by molar-refractivity contribution is 0.00528. The summed E-state index contributed by atoms with van der Waals surface area (Å²) in [5.74, 6) is -4.11. The van der Waals surface area contributed by atoms with Gasteiger partial charge in [0.05, 0.1) is 11.4 Å². The van der Waals surface area contributed by atoms with Gasteiger partial charge in [0.25, 0.3) is 5.91 Å². The number of aryl methyl sites for hydroxylation is 1. The number of aromatic nitrogens is 5. The van der Waals surface area contributed by atoms with Crippen LogP contribution in [-0.2, 0) is 5.92 Å². The molecule has 1 saturated carbocycles. The van der Waals surface area contributed by atoms with Crippen molar-refractivity contribution in [3.63, 3.8) is 0 Å². The summed E-state index contributed by atoms with van der Waals surface area (Å²) in [7, 11) is 0. The van der Waals surface area contributed by atoms with E-state index in [1.165, 1.54) is 6.07 Å². The Morgan fingerprint density at radius 1 is 1.25 bits per heavy atom. The second-order valence-corrected chi connectivity index (χ2v) is 7.04. The second-order valence-electron chi connectivity index (χ2n) is 7.04. The normalized spacial score (nSPS) is 14.1. The number of benzene rings is 1. The van der Waals surface area contributed by atoms with Gasteiger partial charge in [-0.05, 0) is 60.0 Å². The fourth-order valence-corrected chi connectivity index (χ4v) is 2.78. The minimum Gasteiger partial charge on any atom is -0.349 e. The first-order valence-electron chi connectivity index (χ1n) is 8.87. The average Bonchev–Trinajstić information content (AvgIpc) is 3.31. The molecule has 7 nitrogen and oxygen atoms in total. The van der Waals surface area contributed by atoms with Gasteiger partial charge in [0.15, 0.2) is 0 Å². The molecule has 4 rings (SSSR count). The molecule has 1 amide bonds. The predicted molar refractivity (Wildman–Crippen MR) is 97.2 cm³/mol. The van der Waals surface area contributed by atoms with Crippen LogP contribution in [0.4, 0.5) is 8.78 Å². The number of tetrazole rings is 1. The van der Waals surface area contributed by atoms with Crippen molar-refractivity contribution in [3.8, 4) is 16.9 Å². The van der Waals surface area contributed by atoms with Crippen molar-refractivity contribution in [1.82, 2.24) is 30.5 Å². The number of carbonyl (C=O) groups excluding carboxylic acids is 1. The van der Waals surface area contributed by atoms with E-state index in [0.29, 0.717) is 16.8 Å². The summed E-state index contributed by atoms with van der Waals surface area (Å²) < 4.78 is 28.7. The van der Waals surface area contributed by atoms with Gasteiger partial charge in [0.2, 0.25) is 5.82 Å². The zero-order valence-electron chi connectivity index (χ0n) is 15.4. The van der Waals surface area contributed by atoms with E-state index in [2.05, 4.69) is 25.8 Å². The monoisotopic (exact) mass is 384 g/mol. The quantitative estimate of drug-likeness (QED) is 0.731. The van der Waals surface area contributed by atoms with Crippen molar-refractivity contribution >= 4 is 5.91 Å². The Kier molecular flexibility index (Phi) is 4.37. The molecule has 2 aromatic heterocycles. The van der Waals surface area contributed by atoms with Crippen molar-refractivity contribution in [2.45, 2.75) is 38.7 Å². The van der Waals surface area contributed by atoms with Gasteiger partial charge in [-0.3, -0.25) is 9.78 Å². The largest absolute Gasteiger partial charge is 0.349 e. The molecule has 0 aliphatic heterocycles. The molecular formula is C19H18F2N6O. The van der Waals surface area contributed by atoms with Crippen LogP contribution in [0.3, 0.4) is 0 Å². The predicted octanol–water partition coefficient (Wildman–Crippen LogP) is 3.04. The fourth-order valence-electron chi connectivity index (χ4n) is 2.78. The van der Waals surface area contributed by atoms with Gasteiger partial charge in [0, 0.05) is 30.3 Å². The smallest absolute Gasteiger partial charge is 0.305 e. The van der Waals surface area contributed by atoms with E-state index in [4.69, 9.17) is 0 Å². The van der Waals surface area contributed by atoms with Crippen molar-refractivity contribution in [1.29, 1.82) is 0 Å². The Hall–Kier alpha value is -3.23. The molecule has 1 aromatic carbocycles. The number of alkyl halides is 2. The molecular weight excluding hydrogens is 366 g/mol. The molecule has 3 aromatic rings. The number of amides is 1. The van der Waals surface area contributed by atoms with Crippen LogP contribution in [0.5, 0.6) is 0 Å². The Morgan fingerprint density at radius 3 is 2.68 bits per heavy atom. The highest BCUT2D eigenvalue weighted by Gasteiger charge is 2.33. The highest BCUT2D eigenvalue weighted by atomic mass is 19.3. The maximum Gasteiger partial charge on any atom is 0.305 e. The molecule has 1 N–H and O–H groups in total. The number of pyridine rings is 1. The van der Waals surface area contributed by atoms with E-state index < -0.39 is 11.7 Å². The first-order chi connectivity index (χ1) is 13.3. The summed E-state index contributed by atoms with van der Waals surface area (Å²) >= 11 is 0. The molecule has 2 heterocycles. The standard InChI is InChI=1S/C19H18F2N6O/c1-11-3-6-16(22-10-11)12-7-13(17(28)23-14-4-5-14)9-15(8-12)27-18(19(2,20)21)24-25-26-27/h3,6-10,14H,4-5H2,1-2H3,(H,23,28). The highest BCUT2D eigenvalue weighted by molar-refractivity contribution is 5.96. The van der Waals surface area contributed by atoms with Gasteiger partial charge in [-0.25, -0.2) is 0 Å². The van der Waals surface area contributed by atoms with E-state index in [0.717, 1.165) is 30.0 Å². The highest BCUT2D eigenvalue weighted by Crippen LogP contribution is 2.29. The average molecular weight is 384 g/mol. The summed E-state index contributed by atoms with van der Waals surface area (Å²) in [6.07, 6.45) is 3.59. The number of halogens is 2. The Labute approximate surface area is 159 Å². The van der Waals surface area contributed by atoms with Crippen LogP contribution < -0.4 is 5.32 Å². The van der Waals surface area contributed by atoms with E-state index in [1.807, 2.05) is 19.1 Å². The number of rotatable bonds is 5. The molecule has 1 aliphatic rings. The van der Waals surface area contributed by atoms with Crippen molar-refractivity contribution in [2.24, 2.45) is 0 Å². The van der Waals surface area contributed by atoms with Gasteiger partial charge >= 0.3 is 5.92 Å². The van der Waals surface area contributed by atoms with Gasteiger partial charge < -0.3 is 5.32 Å². The van der Waals surface area contributed by atoms with Crippen LogP contribution in [0.25, 0.3) is 16.9 Å². The minimum absolute atomic E-state index is 0.167. The summed E-state index contributed by atoms with van der Waals surface area (Å²) in [4.78, 5) is 17.0. The molecule has 0 radical (unpaired) electrons. The number of carbonyl (C=O) groups is 1. The SMILES string of the molecule is Cc1ccc(-c2cc(C(=O)NC3CC3)cc(-n3nnnc3C(C)(F)F)c2)nc1. The fraction of sp³-hybridized carbons (Fsp3) is 0.316. The Bertz CT molecular complexity index is 1020. The lowest BCUT2D eigenvalue weighted by Gasteiger charge is -2.13. The van der Waals surface area contributed by atoms with Gasteiger partial charge in [-0.15, -0.1) is 5.10 Å². The van der Waals surface area contributed by atoms with Crippen LogP contribution in [0.1, 0.15) is 41.5 Å². The molecule has 28 heavy (non-hydrogen) atoms. The summed E-state index contributed by atoms with van der Waals surface area (Å²) in [6, 6.07) is 8.69. The lowest BCUT2D eigenvalue weighted by atomic mass is 10.0. The van der Waals surface area contributed by atoms with Gasteiger partial charge in [-0.1, -0.05) is 6.07 Å². The van der Waals surface area contributed by atoms with Gasteiger partial charge in [0.1, 0.15) is 0 Å². The molecule has 0 saturated heterocycles. The van der Waals surface area contributed by atoms with Crippen LogP contribution in [0, 0.1) is 6.92 Å². The maximum atomic E-state index is 13.9. The second kappa shape index (κ2) is 6.74. The number of hydrogen-bond acceptors (Lipinski definition) is 5. The van der Waals surface area contributed by atoms with E-state index in [1.54, 1.807) is 18.3 Å². The van der Waals surface area contributed by atoms with Crippen LogP contribution in [0.2, 0.25) is 0 Å². The first kappa shape index (κ1) is 18.1. The Balaban J connectivity index is 1.83. The van der Waals surface area contributed by atoms with Crippen molar-refractivity contribution < 1.29 is 13.6 Å². The third-order valence-electron chi connectivity index (χ3n) is 4.41. The minimum atomic E-state index is -3.24. The molecule has 0 bridgehead atoms. The maximum absolute atomic E-state index is 13.9. The van der Waals surface area contributed by atoms with Crippen LogP contribution >= 0.6 is 0 Å². The van der Waals surface area contributed by atoms with Crippen LogP contribution in [0.15, 0.2) is 36.5 Å². The molecule has 144 valence electrons. The zero-order valence-corrected chi connectivity index (χ0v) is 15.4. The van der Waals surface area contributed by atoms with Crippen molar-refractivity contribution in [3.05, 3.63) is 53.5 Å². The zero-order chi connectivity index (χ0) is 19.9. The summed E-state index contributed by atoms with van der Waals surface area (Å²) in [5, 5.41) is 13.4. The van der Waals surface area contributed by atoms with Gasteiger partial charge in [-0.2, -0.15) is 13.5 Å². The molecule has 0 spiro atoms. The molecule has 1 fully saturated rings. The lowest BCUT2D eigenvalue weighted by Crippen LogP contribution is -2.25. The Morgan fingerprint density at radius 2 is 2.04 bits per heavy atom. The molecule has 0 unspecified atom stereocenters. The number of nitrogens with one attached hydrogen (secondary N) is 1. The summed E-state index contributed by atoms with van der Waals surface area (Å²) in [5.41, 5.74) is 2.81. The first-order valence-corrected chi connectivity index (χ1v) is 8.87.